The molecule has 0 aliphatic carbocycles. The van der Waals surface area contributed by atoms with Crippen molar-refractivity contribution in [1.82, 2.24) is 4.98 Å². The van der Waals surface area contributed by atoms with Crippen molar-refractivity contribution in [3.8, 4) is 10.4 Å². The predicted octanol–water partition coefficient (Wildman–Crippen LogP) is 3.77. The van der Waals surface area contributed by atoms with E-state index in [0.29, 0.717) is 10.7 Å². The molecule has 0 unspecified atom stereocenters. The van der Waals surface area contributed by atoms with Gasteiger partial charge >= 0.3 is 0 Å². The number of rotatable bonds is 4. The first kappa shape index (κ1) is 17.3. The molecule has 0 bridgehead atoms. The molecule has 0 aliphatic rings. The van der Waals surface area contributed by atoms with Crippen LogP contribution in [-0.2, 0) is 9.84 Å². The first-order valence-corrected chi connectivity index (χ1v) is 10.2. The highest BCUT2D eigenvalue weighted by molar-refractivity contribution is 7.90. The standard InChI is InChI=1S/C18H16N2O3S2/c1-12-16(13-6-4-3-5-7-13)24-18(19-12)20-17(21)14-8-10-15(11-9-14)25(2,22)23/h3-11H,1-2H3,(H,19,20,21). The molecule has 0 radical (unpaired) electrons. The van der Waals surface area contributed by atoms with Gasteiger partial charge in [0.25, 0.3) is 5.91 Å². The number of nitrogens with zero attached hydrogens (tertiary/aromatic N) is 1. The number of benzene rings is 2. The maximum Gasteiger partial charge on any atom is 0.257 e. The molecule has 3 rings (SSSR count). The maximum atomic E-state index is 12.3. The summed E-state index contributed by atoms with van der Waals surface area (Å²) >= 11 is 1.40. The fraction of sp³-hybridized carbons (Fsp3) is 0.111. The molecule has 0 saturated heterocycles. The average Bonchev–Trinajstić information content (AvgIpc) is 2.95. The fourth-order valence-corrected chi connectivity index (χ4v) is 3.93. The summed E-state index contributed by atoms with van der Waals surface area (Å²) in [6.45, 7) is 1.90. The van der Waals surface area contributed by atoms with Crippen LogP contribution in [0.25, 0.3) is 10.4 Å². The zero-order valence-corrected chi connectivity index (χ0v) is 15.3. The summed E-state index contributed by atoms with van der Waals surface area (Å²) in [6.07, 6.45) is 1.13. The van der Waals surface area contributed by atoms with Crippen LogP contribution in [0.2, 0.25) is 0 Å². The van der Waals surface area contributed by atoms with Gasteiger partial charge in [0.05, 0.1) is 15.5 Å². The highest BCUT2D eigenvalue weighted by Gasteiger charge is 2.14. The molecule has 0 saturated carbocycles. The molecule has 0 aliphatic heterocycles. The maximum absolute atomic E-state index is 12.3. The van der Waals surface area contributed by atoms with Crippen LogP contribution in [0.1, 0.15) is 16.1 Å². The normalized spacial score (nSPS) is 11.3. The van der Waals surface area contributed by atoms with E-state index in [1.165, 1.54) is 35.6 Å². The van der Waals surface area contributed by atoms with Crippen LogP contribution in [0.4, 0.5) is 5.13 Å². The minimum Gasteiger partial charge on any atom is -0.298 e. The Hall–Kier alpha value is -2.51. The van der Waals surface area contributed by atoms with Crippen molar-refractivity contribution in [3.05, 3.63) is 65.9 Å². The quantitative estimate of drug-likeness (QED) is 0.756. The van der Waals surface area contributed by atoms with Gasteiger partial charge in [-0.15, -0.1) is 0 Å². The summed E-state index contributed by atoms with van der Waals surface area (Å²) in [7, 11) is -3.28. The number of hydrogen-bond donors (Lipinski definition) is 1. The van der Waals surface area contributed by atoms with Crippen molar-refractivity contribution in [2.75, 3.05) is 11.6 Å². The van der Waals surface area contributed by atoms with Crippen molar-refractivity contribution in [2.45, 2.75) is 11.8 Å². The molecule has 1 N–H and O–H groups in total. The Kier molecular flexibility index (Phi) is 4.69. The van der Waals surface area contributed by atoms with E-state index in [9.17, 15) is 13.2 Å². The summed E-state index contributed by atoms with van der Waals surface area (Å²) in [6, 6.07) is 15.7. The second kappa shape index (κ2) is 6.78. The Morgan fingerprint density at radius 2 is 1.68 bits per heavy atom. The van der Waals surface area contributed by atoms with Crippen LogP contribution in [-0.4, -0.2) is 25.6 Å². The molecule has 7 heteroatoms. The Bertz CT molecular complexity index is 1010. The molecular formula is C18H16N2O3S2. The number of hydrogen-bond acceptors (Lipinski definition) is 5. The largest absolute Gasteiger partial charge is 0.298 e. The van der Waals surface area contributed by atoms with Crippen molar-refractivity contribution in [3.63, 3.8) is 0 Å². The molecule has 1 amide bonds. The molecule has 3 aromatic rings. The number of amides is 1. The van der Waals surface area contributed by atoms with Crippen molar-refractivity contribution < 1.29 is 13.2 Å². The Balaban J connectivity index is 1.80. The lowest BCUT2D eigenvalue weighted by Gasteiger charge is -2.03. The topological polar surface area (TPSA) is 76.1 Å². The van der Waals surface area contributed by atoms with Gasteiger partial charge in [0.15, 0.2) is 15.0 Å². The Morgan fingerprint density at radius 3 is 2.28 bits per heavy atom. The number of aromatic nitrogens is 1. The minimum absolute atomic E-state index is 0.181. The fourth-order valence-electron chi connectivity index (χ4n) is 2.33. The van der Waals surface area contributed by atoms with Gasteiger partial charge in [-0.3, -0.25) is 10.1 Å². The summed E-state index contributed by atoms with van der Waals surface area (Å²) in [4.78, 5) is 17.9. The summed E-state index contributed by atoms with van der Waals surface area (Å²) < 4.78 is 22.9. The predicted molar refractivity (Wildman–Crippen MR) is 99.8 cm³/mol. The minimum atomic E-state index is -3.28. The van der Waals surface area contributed by atoms with E-state index < -0.39 is 9.84 Å². The molecule has 0 spiro atoms. The lowest BCUT2D eigenvalue weighted by molar-refractivity contribution is 0.102. The van der Waals surface area contributed by atoms with E-state index >= 15 is 0 Å². The highest BCUT2D eigenvalue weighted by Crippen LogP contribution is 2.32. The second-order valence-corrected chi connectivity index (χ2v) is 8.57. The molecule has 0 fully saturated rings. The van der Waals surface area contributed by atoms with Gasteiger partial charge in [0.2, 0.25) is 0 Å². The lowest BCUT2D eigenvalue weighted by Crippen LogP contribution is -2.11. The Morgan fingerprint density at radius 1 is 1.04 bits per heavy atom. The summed E-state index contributed by atoms with van der Waals surface area (Å²) in [5.74, 6) is -0.326. The molecule has 5 nitrogen and oxygen atoms in total. The highest BCUT2D eigenvalue weighted by atomic mass is 32.2. The summed E-state index contributed by atoms with van der Waals surface area (Å²) in [5, 5.41) is 3.27. The van der Waals surface area contributed by atoms with E-state index in [1.807, 2.05) is 37.3 Å². The third-order valence-corrected chi connectivity index (χ3v) is 5.85. The van der Waals surface area contributed by atoms with Crippen LogP contribution in [0.3, 0.4) is 0 Å². The van der Waals surface area contributed by atoms with Crippen LogP contribution in [0.5, 0.6) is 0 Å². The van der Waals surface area contributed by atoms with Crippen molar-refractivity contribution in [2.24, 2.45) is 0 Å². The second-order valence-electron chi connectivity index (χ2n) is 5.55. The van der Waals surface area contributed by atoms with Crippen LogP contribution in [0.15, 0.2) is 59.5 Å². The van der Waals surface area contributed by atoms with Crippen LogP contribution < -0.4 is 5.32 Å². The van der Waals surface area contributed by atoms with Gasteiger partial charge in [0.1, 0.15) is 0 Å². The van der Waals surface area contributed by atoms with Gasteiger partial charge in [-0.1, -0.05) is 41.7 Å². The van der Waals surface area contributed by atoms with E-state index in [2.05, 4.69) is 10.3 Å². The van der Waals surface area contributed by atoms with Gasteiger partial charge in [-0.05, 0) is 36.8 Å². The molecule has 25 heavy (non-hydrogen) atoms. The van der Waals surface area contributed by atoms with E-state index in [1.54, 1.807) is 0 Å². The van der Waals surface area contributed by atoms with Gasteiger partial charge in [-0.2, -0.15) is 0 Å². The number of anilines is 1. The lowest BCUT2D eigenvalue weighted by atomic mass is 10.2. The van der Waals surface area contributed by atoms with Crippen LogP contribution >= 0.6 is 11.3 Å². The zero-order chi connectivity index (χ0) is 18.0. The number of aryl methyl sites for hydroxylation is 1. The summed E-state index contributed by atoms with van der Waals surface area (Å²) in [5.41, 5.74) is 2.27. The smallest absolute Gasteiger partial charge is 0.257 e. The molecule has 0 atom stereocenters. The molecule has 1 heterocycles. The number of thiazole rings is 1. The number of nitrogens with one attached hydrogen (secondary N) is 1. The first-order chi connectivity index (χ1) is 11.8. The number of carbonyl (C=O) groups is 1. The third kappa shape index (κ3) is 3.94. The van der Waals surface area contributed by atoms with Gasteiger partial charge in [0, 0.05) is 11.8 Å². The SMILES string of the molecule is Cc1nc(NC(=O)c2ccc(S(C)(=O)=O)cc2)sc1-c1ccccc1. The van der Waals surface area contributed by atoms with Gasteiger partial charge < -0.3 is 0 Å². The van der Waals surface area contributed by atoms with Crippen molar-refractivity contribution >= 4 is 32.2 Å². The number of carbonyl (C=O) groups excluding carboxylic acids is 1. The monoisotopic (exact) mass is 372 g/mol. The average molecular weight is 372 g/mol. The van der Waals surface area contributed by atoms with Crippen molar-refractivity contribution in [1.29, 1.82) is 0 Å². The zero-order valence-electron chi connectivity index (χ0n) is 13.7. The van der Waals surface area contributed by atoms with E-state index in [-0.39, 0.29) is 10.8 Å². The van der Waals surface area contributed by atoms with E-state index in [4.69, 9.17) is 0 Å². The molecule has 128 valence electrons. The van der Waals surface area contributed by atoms with E-state index in [0.717, 1.165) is 22.4 Å². The number of sulfone groups is 1. The Labute approximate surface area is 150 Å². The van der Waals surface area contributed by atoms with Crippen LogP contribution in [0, 0.1) is 6.92 Å². The molecule has 2 aromatic carbocycles. The first-order valence-electron chi connectivity index (χ1n) is 7.49. The molecule has 1 aromatic heterocycles. The third-order valence-electron chi connectivity index (χ3n) is 3.60. The van der Waals surface area contributed by atoms with Gasteiger partial charge in [-0.25, -0.2) is 13.4 Å². The molecular weight excluding hydrogens is 356 g/mol.